The Morgan fingerprint density at radius 3 is 2.73 bits per heavy atom. The van der Waals surface area contributed by atoms with Crippen molar-refractivity contribution in [3.05, 3.63) is 41.6 Å². The van der Waals surface area contributed by atoms with E-state index >= 15 is 0 Å². The van der Waals surface area contributed by atoms with Gasteiger partial charge in [-0.3, -0.25) is 0 Å². The van der Waals surface area contributed by atoms with Crippen LogP contribution in [0, 0.1) is 13.8 Å². The normalized spacial score (nSPS) is 10.5. The molecule has 0 aliphatic rings. The lowest BCUT2D eigenvalue weighted by Gasteiger charge is -2.05. The van der Waals surface area contributed by atoms with Crippen LogP contribution in [0.5, 0.6) is 0 Å². The van der Waals surface area contributed by atoms with Crippen LogP contribution in [0.25, 0.3) is 0 Å². The Labute approximate surface area is 88.8 Å². The average Bonchev–Trinajstić information content (AvgIpc) is 2.50. The molecule has 2 heterocycles. The van der Waals surface area contributed by atoms with Crippen LogP contribution in [0.1, 0.15) is 17.0 Å². The minimum Gasteiger partial charge on any atom is -0.384 e. The molecule has 0 unspecified atom stereocenters. The SMILES string of the molecule is Cc1ncn(Cc2ccnc(N)c2)c1C. The predicted octanol–water partition coefficient (Wildman–Crippen LogP) is 1.53. The molecule has 0 aliphatic heterocycles. The summed E-state index contributed by atoms with van der Waals surface area (Å²) in [6.07, 6.45) is 3.57. The van der Waals surface area contributed by atoms with Crippen LogP contribution in [-0.2, 0) is 6.54 Å². The molecule has 0 fully saturated rings. The molecule has 0 bridgehead atoms. The number of nitrogens with two attached hydrogens (primary N) is 1. The van der Waals surface area contributed by atoms with Gasteiger partial charge in [0.2, 0.25) is 0 Å². The van der Waals surface area contributed by atoms with Gasteiger partial charge in [0.15, 0.2) is 0 Å². The number of pyridine rings is 1. The molecule has 0 saturated carbocycles. The first-order chi connectivity index (χ1) is 7.16. The molecule has 0 atom stereocenters. The van der Waals surface area contributed by atoms with Gasteiger partial charge in [0.1, 0.15) is 5.82 Å². The van der Waals surface area contributed by atoms with Gasteiger partial charge in [0.05, 0.1) is 12.0 Å². The highest BCUT2D eigenvalue weighted by Gasteiger charge is 2.02. The summed E-state index contributed by atoms with van der Waals surface area (Å²) in [7, 11) is 0. The van der Waals surface area contributed by atoms with Gasteiger partial charge in [-0.25, -0.2) is 9.97 Å². The second-order valence-electron chi connectivity index (χ2n) is 3.63. The van der Waals surface area contributed by atoms with Crippen LogP contribution in [0.4, 0.5) is 5.82 Å². The fourth-order valence-corrected chi connectivity index (χ4v) is 1.49. The van der Waals surface area contributed by atoms with Crippen molar-refractivity contribution in [1.82, 2.24) is 14.5 Å². The maximum atomic E-state index is 5.62. The molecule has 2 aromatic rings. The number of aromatic nitrogens is 3. The minimum absolute atomic E-state index is 0.557. The van der Waals surface area contributed by atoms with Gasteiger partial charge in [-0.1, -0.05) is 0 Å². The number of hydrogen-bond acceptors (Lipinski definition) is 3. The Balaban J connectivity index is 2.26. The smallest absolute Gasteiger partial charge is 0.123 e. The second-order valence-corrected chi connectivity index (χ2v) is 3.63. The molecular formula is C11H14N4. The molecule has 0 aliphatic carbocycles. The fourth-order valence-electron chi connectivity index (χ4n) is 1.49. The van der Waals surface area contributed by atoms with Crippen molar-refractivity contribution < 1.29 is 0 Å². The van der Waals surface area contributed by atoms with Crippen molar-refractivity contribution in [3.8, 4) is 0 Å². The average molecular weight is 202 g/mol. The Morgan fingerprint density at radius 1 is 1.33 bits per heavy atom. The first-order valence-electron chi connectivity index (χ1n) is 4.85. The molecule has 0 spiro atoms. The van der Waals surface area contributed by atoms with E-state index in [-0.39, 0.29) is 0 Å². The van der Waals surface area contributed by atoms with Crippen molar-refractivity contribution in [2.24, 2.45) is 0 Å². The van der Waals surface area contributed by atoms with Crippen molar-refractivity contribution in [2.45, 2.75) is 20.4 Å². The fraction of sp³-hybridized carbons (Fsp3) is 0.273. The van der Waals surface area contributed by atoms with E-state index < -0.39 is 0 Å². The van der Waals surface area contributed by atoms with Crippen molar-refractivity contribution in [3.63, 3.8) is 0 Å². The molecule has 0 radical (unpaired) electrons. The van der Waals surface area contributed by atoms with E-state index in [0.717, 1.165) is 17.8 Å². The third-order valence-electron chi connectivity index (χ3n) is 2.54. The van der Waals surface area contributed by atoms with Gasteiger partial charge in [0.25, 0.3) is 0 Å². The van der Waals surface area contributed by atoms with Gasteiger partial charge in [-0.15, -0.1) is 0 Å². The summed E-state index contributed by atoms with van der Waals surface area (Å²) < 4.78 is 2.10. The number of hydrogen-bond donors (Lipinski definition) is 1. The molecule has 0 amide bonds. The van der Waals surface area contributed by atoms with Gasteiger partial charge in [0, 0.05) is 18.4 Å². The van der Waals surface area contributed by atoms with Gasteiger partial charge in [-0.05, 0) is 31.5 Å². The van der Waals surface area contributed by atoms with E-state index in [1.807, 2.05) is 25.4 Å². The quantitative estimate of drug-likeness (QED) is 0.803. The molecule has 4 nitrogen and oxygen atoms in total. The Kier molecular flexibility index (Phi) is 2.41. The monoisotopic (exact) mass is 202 g/mol. The van der Waals surface area contributed by atoms with Crippen LogP contribution in [-0.4, -0.2) is 14.5 Å². The molecule has 78 valence electrons. The molecule has 15 heavy (non-hydrogen) atoms. The number of aryl methyl sites for hydroxylation is 1. The second kappa shape index (κ2) is 3.73. The van der Waals surface area contributed by atoms with Crippen LogP contribution in [0.15, 0.2) is 24.7 Å². The van der Waals surface area contributed by atoms with Crippen molar-refractivity contribution in [2.75, 3.05) is 5.73 Å². The highest BCUT2D eigenvalue weighted by atomic mass is 15.0. The first-order valence-corrected chi connectivity index (χ1v) is 4.85. The standard InChI is InChI=1S/C11H14N4/c1-8-9(2)15(7-14-8)6-10-3-4-13-11(12)5-10/h3-5,7H,6H2,1-2H3,(H2,12,13). The summed E-state index contributed by atoms with van der Waals surface area (Å²) in [5.74, 6) is 0.557. The summed E-state index contributed by atoms with van der Waals surface area (Å²) >= 11 is 0. The number of rotatable bonds is 2. The number of nitrogens with zero attached hydrogens (tertiary/aromatic N) is 3. The maximum absolute atomic E-state index is 5.62. The summed E-state index contributed by atoms with van der Waals surface area (Å²) in [6, 6.07) is 3.85. The minimum atomic E-state index is 0.557. The lowest BCUT2D eigenvalue weighted by Crippen LogP contribution is -2.01. The molecule has 2 aromatic heterocycles. The van der Waals surface area contributed by atoms with Crippen LogP contribution >= 0.6 is 0 Å². The number of nitrogen functional groups attached to an aromatic ring is 1. The number of imidazole rings is 1. The van der Waals surface area contributed by atoms with Crippen molar-refractivity contribution in [1.29, 1.82) is 0 Å². The van der Waals surface area contributed by atoms with Gasteiger partial charge in [-0.2, -0.15) is 0 Å². The van der Waals surface area contributed by atoms with E-state index in [9.17, 15) is 0 Å². The van der Waals surface area contributed by atoms with E-state index in [1.165, 1.54) is 5.69 Å². The maximum Gasteiger partial charge on any atom is 0.123 e. The van der Waals surface area contributed by atoms with Crippen LogP contribution in [0.2, 0.25) is 0 Å². The highest BCUT2D eigenvalue weighted by Crippen LogP contribution is 2.09. The van der Waals surface area contributed by atoms with E-state index in [1.54, 1.807) is 6.20 Å². The zero-order valence-corrected chi connectivity index (χ0v) is 8.94. The van der Waals surface area contributed by atoms with E-state index in [0.29, 0.717) is 5.82 Å². The molecule has 0 aromatic carbocycles. The van der Waals surface area contributed by atoms with Gasteiger partial charge >= 0.3 is 0 Å². The Bertz CT molecular complexity index is 473. The third kappa shape index (κ3) is 1.98. The molecule has 2 rings (SSSR count). The highest BCUT2D eigenvalue weighted by molar-refractivity contribution is 5.32. The van der Waals surface area contributed by atoms with Crippen LogP contribution in [0.3, 0.4) is 0 Å². The lowest BCUT2D eigenvalue weighted by molar-refractivity contribution is 0.768. The van der Waals surface area contributed by atoms with E-state index in [2.05, 4.69) is 21.5 Å². The summed E-state index contributed by atoms with van der Waals surface area (Å²) in [5.41, 5.74) is 9.01. The largest absolute Gasteiger partial charge is 0.384 e. The summed E-state index contributed by atoms with van der Waals surface area (Å²) in [5, 5.41) is 0. The molecule has 2 N–H and O–H groups in total. The molecule has 0 saturated heterocycles. The van der Waals surface area contributed by atoms with E-state index in [4.69, 9.17) is 5.73 Å². The topological polar surface area (TPSA) is 56.7 Å². The third-order valence-corrected chi connectivity index (χ3v) is 2.54. The zero-order valence-electron chi connectivity index (χ0n) is 8.94. The Hall–Kier alpha value is -1.84. The number of anilines is 1. The van der Waals surface area contributed by atoms with Crippen LogP contribution < -0.4 is 5.73 Å². The Morgan fingerprint density at radius 2 is 2.13 bits per heavy atom. The molecule has 4 heteroatoms. The van der Waals surface area contributed by atoms with Crippen molar-refractivity contribution >= 4 is 5.82 Å². The zero-order chi connectivity index (χ0) is 10.8. The first kappa shape index (κ1) is 9.71. The summed E-state index contributed by atoms with van der Waals surface area (Å²) in [6.45, 7) is 4.86. The predicted molar refractivity (Wildman–Crippen MR) is 59.5 cm³/mol. The molecular weight excluding hydrogens is 188 g/mol. The van der Waals surface area contributed by atoms with Gasteiger partial charge < -0.3 is 10.3 Å². The summed E-state index contributed by atoms with van der Waals surface area (Å²) in [4.78, 5) is 8.21. The lowest BCUT2D eigenvalue weighted by atomic mass is 10.2.